The molecule has 1 saturated carbocycles. The van der Waals surface area contributed by atoms with Crippen molar-refractivity contribution in [1.29, 1.82) is 5.26 Å². The Morgan fingerprint density at radius 2 is 2.00 bits per heavy atom. The third kappa shape index (κ3) is 1.19. The van der Waals surface area contributed by atoms with Crippen LogP contribution in [0.4, 0.5) is 0 Å². The molecule has 3 nitrogen and oxygen atoms in total. The summed E-state index contributed by atoms with van der Waals surface area (Å²) >= 11 is 0. The van der Waals surface area contributed by atoms with Crippen molar-refractivity contribution in [3.05, 3.63) is 12.2 Å². The third-order valence-electron chi connectivity index (χ3n) is 3.31. The quantitative estimate of drug-likeness (QED) is 0.578. The number of carbonyl (C=O) groups is 2. The molecule has 1 fully saturated rings. The minimum Gasteiger partial charge on any atom is -0.300 e. The molecule has 0 aliphatic heterocycles. The van der Waals surface area contributed by atoms with Crippen LogP contribution >= 0.6 is 0 Å². The van der Waals surface area contributed by atoms with Gasteiger partial charge >= 0.3 is 0 Å². The highest BCUT2D eigenvalue weighted by Crippen LogP contribution is 2.46. The molecule has 2 aliphatic rings. The van der Waals surface area contributed by atoms with E-state index in [2.05, 4.69) is 6.07 Å². The van der Waals surface area contributed by atoms with Gasteiger partial charge in [-0.05, 0) is 18.9 Å². The molecule has 0 aromatic carbocycles. The van der Waals surface area contributed by atoms with Gasteiger partial charge in [0.05, 0.1) is 6.07 Å². The van der Waals surface area contributed by atoms with Crippen molar-refractivity contribution in [3.8, 4) is 6.07 Å². The maximum absolute atomic E-state index is 11.4. The number of nitriles is 1. The van der Waals surface area contributed by atoms with Crippen molar-refractivity contribution in [2.24, 2.45) is 11.3 Å². The first-order valence-electron chi connectivity index (χ1n) is 4.82. The molecule has 0 aromatic rings. The second-order valence-electron chi connectivity index (χ2n) is 4.07. The normalized spacial score (nSPS) is 29.5. The summed E-state index contributed by atoms with van der Waals surface area (Å²) in [5, 5.41) is 8.92. The van der Waals surface area contributed by atoms with Crippen LogP contribution in [-0.2, 0) is 9.59 Å². The number of ketones is 2. The van der Waals surface area contributed by atoms with E-state index in [0.717, 1.165) is 0 Å². The van der Waals surface area contributed by atoms with Crippen molar-refractivity contribution in [2.75, 3.05) is 0 Å². The van der Waals surface area contributed by atoms with Gasteiger partial charge in [0.15, 0.2) is 5.78 Å². The molecule has 0 N–H and O–H groups in total. The molecule has 1 spiro atoms. The highest BCUT2D eigenvalue weighted by atomic mass is 16.1. The number of Topliss-reactive ketones (excluding diaryl/α,β-unsaturated/α-hetero) is 1. The van der Waals surface area contributed by atoms with E-state index in [4.69, 9.17) is 5.26 Å². The molecule has 1 atom stereocenters. The number of carbonyl (C=O) groups excluding carboxylic acids is 2. The SMILES string of the molecule is N#CC1C(=O)C=CC12CCC(=O)CC2. The Balaban J connectivity index is 2.25. The maximum Gasteiger partial charge on any atom is 0.173 e. The van der Waals surface area contributed by atoms with Gasteiger partial charge in [-0.25, -0.2) is 0 Å². The third-order valence-corrected chi connectivity index (χ3v) is 3.31. The molecule has 2 rings (SSSR count). The monoisotopic (exact) mass is 189 g/mol. The van der Waals surface area contributed by atoms with Gasteiger partial charge in [0.25, 0.3) is 0 Å². The van der Waals surface area contributed by atoms with Gasteiger partial charge in [-0.15, -0.1) is 0 Å². The van der Waals surface area contributed by atoms with E-state index in [1.54, 1.807) is 0 Å². The number of hydrogen-bond donors (Lipinski definition) is 0. The lowest BCUT2D eigenvalue weighted by molar-refractivity contribution is -0.124. The fourth-order valence-electron chi connectivity index (χ4n) is 2.37. The van der Waals surface area contributed by atoms with Crippen molar-refractivity contribution >= 4 is 11.6 Å². The fourth-order valence-corrected chi connectivity index (χ4v) is 2.37. The molecule has 2 aliphatic carbocycles. The Morgan fingerprint density at radius 1 is 1.36 bits per heavy atom. The fraction of sp³-hybridized carbons (Fsp3) is 0.545. The first kappa shape index (κ1) is 9.14. The van der Waals surface area contributed by atoms with Gasteiger partial charge in [-0.2, -0.15) is 5.26 Å². The zero-order chi connectivity index (χ0) is 10.2. The second kappa shape index (κ2) is 3.06. The molecule has 1 unspecified atom stereocenters. The minimum absolute atomic E-state index is 0.0955. The van der Waals surface area contributed by atoms with E-state index in [9.17, 15) is 9.59 Å². The minimum atomic E-state index is -0.546. The molecule has 0 heterocycles. The summed E-state index contributed by atoms with van der Waals surface area (Å²) in [5.74, 6) is -0.391. The summed E-state index contributed by atoms with van der Waals surface area (Å²) in [6, 6.07) is 2.07. The molecule has 72 valence electrons. The van der Waals surface area contributed by atoms with Crippen LogP contribution in [0, 0.1) is 22.7 Å². The molecular formula is C11H11NO2. The van der Waals surface area contributed by atoms with Crippen molar-refractivity contribution in [3.63, 3.8) is 0 Å². The molecule has 14 heavy (non-hydrogen) atoms. The molecule has 0 aromatic heterocycles. The first-order chi connectivity index (χ1) is 6.68. The lowest BCUT2D eigenvalue weighted by atomic mass is 9.68. The number of allylic oxidation sites excluding steroid dienone is 2. The summed E-state index contributed by atoms with van der Waals surface area (Å²) in [6.45, 7) is 0. The highest BCUT2D eigenvalue weighted by molar-refractivity contribution is 5.97. The van der Waals surface area contributed by atoms with Gasteiger partial charge in [0, 0.05) is 18.3 Å². The lowest BCUT2D eigenvalue weighted by Crippen LogP contribution is -2.32. The zero-order valence-corrected chi connectivity index (χ0v) is 7.82. The number of nitrogens with zero attached hydrogens (tertiary/aromatic N) is 1. The zero-order valence-electron chi connectivity index (χ0n) is 7.82. The lowest BCUT2D eigenvalue weighted by Gasteiger charge is -2.33. The van der Waals surface area contributed by atoms with E-state index in [0.29, 0.717) is 25.7 Å². The largest absolute Gasteiger partial charge is 0.300 e. The van der Waals surface area contributed by atoms with Crippen LogP contribution in [0.3, 0.4) is 0 Å². The van der Waals surface area contributed by atoms with E-state index >= 15 is 0 Å². The van der Waals surface area contributed by atoms with Gasteiger partial charge in [-0.3, -0.25) is 9.59 Å². The summed E-state index contributed by atoms with van der Waals surface area (Å²) in [4.78, 5) is 22.5. The van der Waals surface area contributed by atoms with Crippen LogP contribution in [0.2, 0.25) is 0 Å². The summed E-state index contributed by atoms with van der Waals surface area (Å²) in [6.07, 6.45) is 5.68. The number of hydrogen-bond acceptors (Lipinski definition) is 3. The first-order valence-corrected chi connectivity index (χ1v) is 4.82. The predicted octanol–water partition coefficient (Wildman–Crippen LogP) is 1.39. The van der Waals surface area contributed by atoms with E-state index in [-0.39, 0.29) is 17.0 Å². The Bertz CT molecular complexity index is 352. The van der Waals surface area contributed by atoms with E-state index in [1.165, 1.54) is 6.08 Å². The predicted molar refractivity (Wildman–Crippen MR) is 49.2 cm³/mol. The smallest absolute Gasteiger partial charge is 0.173 e. The average Bonchev–Trinajstić information content (AvgIpc) is 2.49. The molecule has 0 amide bonds. The molecule has 3 heteroatoms. The van der Waals surface area contributed by atoms with E-state index in [1.807, 2.05) is 6.08 Å². The molecule has 0 bridgehead atoms. The van der Waals surface area contributed by atoms with Crippen LogP contribution in [0.1, 0.15) is 25.7 Å². The number of rotatable bonds is 0. The van der Waals surface area contributed by atoms with Crippen molar-refractivity contribution in [1.82, 2.24) is 0 Å². The standard InChI is InChI=1S/C11H11NO2/c12-7-9-10(14)3-6-11(9)4-1-8(13)2-5-11/h3,6,9H,1-2,4-5H2. The average molecular weight is 189 g/mol. The summed E-state index contributed by atoms with van der Waals surface area (Å²) in [5.41, 5.74) is -0.320. The maximum atomic E-state index is 11.4. The Labute approximate surface area is 82.4 Å². The van der Waals surface area contributed by atoms with Crippen molar-refractivity contribution < 1.29 is 9.59 Å². The van der Waals surface area contributed by atoms with Crippen LogP contribution in [-0.4, -0.2) is 11.6 Å². The topological polar surface area (TPSA) is 57.9 Å². The summed E-state index contributed by atoms with van der Waals surface area (Å²) in [7, 11) is 0. The van der Waals surface area contributed by atoms with Gasteiger partial charge < -0.3 is 0 Å². The molecule has 0 saturated heterocycles. The van der Waals surface area contributed by atoms with Crippen LogP contribution in [0.15, 0.2) is 12.2 Å². The summed E-state index contributed by atoms with van der Waals surface area (Å²) < 4.78 is 0. The van der Waals surface area contributed by atoms with Gasteiger partial charge in [-0.1, -0.05) is 6.08 Å². The highest BCUT2D eigenvalue weighted by Gasteiger charge is 2.46. The van der Waals surface area contributed by atoms with Gasteiger partial charge in [0.1, 0.15) is 11.7 Å². The van der Waals surface area contributed by atoms with Gasteiger partial charge in [0.2, 0.25) is 0 Å². The Morgan fingerprint density at radius 3 is 2.57 bits per heavy atom. The molecule has 0 radical (unpaired) electrons. The Kier molecular flexibility index (Phi) is 1.99. The van der Waals surface area contributed by atoms with Crippen LogP contribution in [0.25, 0.3) is 0 Å². The second-order valence-corrected chi connectivity index (χ2v) is 4.07. The Hall–Kier alpha value is -1.43. The van der Waals surface area contributed by atoms with Crippen molar-refractivity contribution in [2.45, 2.75) is 25.7 Å². The molecular weight excluding hydrogens is 178 g/mol. The van der Waals surface area contributed by atoms with Crippen LogP contribution < -0.4 is 0 Å². The van der Waals surface area contributed by atoms with E-state index < -0.39 is 5.92 Å². The van der Waals surface area contributed by atoms with Crippen LogP contribution in [0.5, 0.6) is 0 Å².